The SMILES string of the molecule is Cc1ccc(S(=O)(=O)NCc2cn[nH]c2)c(C)c1. The zero-order valence-corrected chi connectivity index (χ0v) is 11.1. The molecule has 0 aliphatic heterocycles. The zero-order valence-electron chi connectivity index (χ0n) is 10.3. The minimum Gasteiger partial charge on any atom is -0.285 e. The second-order valence-electron chi connectivity index (χ2n) is 4.20. The topological polar surface area (TPSA) is 74.8 Å². The van der Waals surface area contributed by atoms with Gasteiger partial charge < -0.3 is 0 Å². The molecule has 2 N–H and O–H groups in total. The van der Waals surface area contributed by atoms with E-state index < -0.39 is 10.0 Å². The summed E-state index contributed by atoms with van der Waals surface area (Å²) in [6, 6.07) is 5.27. The standard InChI is InChI=1S/C12H15N3O2S/c1-9-3-4-12(10(2)5-9)18(16,17)15-8-11-6-13-14-7-11/h3-7,15H,8H2,1-2H3,(H,13,14). The molecule has 0 atom stereocenters. The van der Waals surface area contributed by atoms with Crippen LogP contribution >= 0.6 is 0 Å². The van der Waals surface area contributed by atoms with Gasteiger partial charge >= 0.3 is 0 Å². The van der Waals surface area contributed by atoms with Gasteiger partial charge in [-0.3, -0.25) is 5.10 Å². The summed E-state index contributed by atoms with van der Waals surface area (Å²) >= 11 is 0. The van der Waals surface area contributed by atoms with Gasteiger partial charge in [0.15, 0.2) is 0 Å². The van der Waals surface area contributed by atoms with Crippen LogP contribution in [0.1, 0.15) is 16.7 Å². The number of aryl methyl sites for hydroxylation is 2. The molecule has 5 nitrogen and oxygen atoms in total. The van der Waals surface area contributed by atoms with Crippen LogP contribution in [0.15, 0.2) is 35.5 Å². The van der Waals surface area contributed by atoms with Gasteiger partial charge in [0.25, 0.3) is 0 Å². The Morgan fingerprint density at radius 1 is 1.33 bits per heavy atom. The third kappa shape index (κ3) is 2.77. The van der Waals surface area contributed by atoms with E-state index in [2.05, 4.69) is 14.9 Å². The Kier molecular flexibility index (Phi) is 3.49. The number of benzene rings is 1. The summed E-state index contributed by atoms with van der Waals surface area (Å²) in [5.41, 5.74) is 2.58. The molecule has 0 aliphatic carbocycles. The number of nitrogens with one attached hydrogen (secondary N) is 2. The zero-order chi connectivity index (χ0) is 13.2. The van der Waals surface area contributed by atoms with Gasteiger partial charge in [-0.1, -0.05) is 17.7 Å². The molecule has 0 bridgehead atoms. The fraction of sp³-hybridized carbons (Fsp3) is 0.250. The number of H-pyrrole nitrogens is 1. The van der Waals surface area contributed by atoms with Crippen molar-refractivity contribution in [2.24, 2.45) is 0 Å². The molecule has 2 aromatic rings. The molecule has 0 unspecified atom stereocenters. The number of aromatic amines is 1. The summed E-state index contributed by atoms with van der Waals surface area (Å²) < 4.78 is 26.8. The van der Waals surface area contributed by atoms with E-state index in [0.717, 1.165) is 16.7 Å². The lowest BCUT2D eigenvalue weighted by Gasteiger charge is -2.09. The monoisotopic (exact) mass is 265 g/mol. The van der Waals surface area contributed by atoms with Crippen LogP contribution in [0.3, 0.4) is 0 Å². The van der Waals surface area contributed by atoms with E-state index in [0.29, 0.717) is 4.90 Å². The van der Waals surface area contributed by atoms with Crippen LogP contribution in [0.2, 0.25) is 0 Å². The fourth-order valence-electron chi connectivity index (χ4n) is 1.73. The van der Waals surface area contributed by atoms with Gasteiger partial charge in [0.1, 0.15) is 0 Å². The maximum Gasteiger partial charge on any atom is 0.241 e. The molecule has 0 saturated heterocycles. The highest BCUT2D eigenvalue weighted by atomic mass is 32.2. The van der Waals surface area contributed by atoms with Gasteiger partial charge in [-0.25, -0.2) is 13.1 Å². The Bertz CT molecular complexity index is 633. The van der Waals surface area contributed by atoms with E-state index in [4.69, 9.17) is 0 Å². The largest absolute Gasteiger partial charge is 0.285 e. The first kappa shape index (κ1) is 12.8. The molecule has 1 aromatic heterocycles. The molecule has 0 radical (unpaired) electrons. The third-order valence-corrected chi connectivity index (χ3v) is 4.20. The summed E-state index contributed by atoms with van der Waals surface area (Å²) in [5, 5.41) is 6.40. The van der Waals surface area contributed by atoms with Gasteiger partial charge in [-0.05, 0) is 25.5 Å². The van der Waals surface area contributed by atoms with Gasteiger partial charge in [0, 0.05) is 18.3 Å². The predicted molar refractivity (Wildman–Crippen MR) is 68.5 cm³/mol. The average Bonchev–Trinajstić information content (AvgIpc) is 2.78. The van der Waals surface area contributed by atoms with Gasteiger partial charge in [0.2, 0.25) is 10.0 Å². The quantitative estimate of drug-likeness (QED) is 0.879. The normalized spacial score (nSPS) is 11.7. The highest BCUT2D eigenvalue weighted by molar-refractivity contribution is 7.89. The van der Waals surface area contributed by atoms with Crippen LogP contribution in [0, 0.1) is 13.8 Å². The lowest BCUT2D eigenvalue weighted by Crippen LogP contribution is -2.23. The van der Waals surface area contributed by atoms with E-state index in [1.807, 2.05) is 13.0 Å². The number of aromatic nitrogens is 2. The number of nitrogens with zero attached hydrogens (tertiary/aromatic N) is 1. The minimum absolute atomic E-state index is 0.228. The maximum atomic E-state index is 12.1. The van der Waals surface area contributed by atoms with Crippen LogP contribution in [0.4, 0.5) is 0 Å². The number of rotatable bonds is 4. The smallest absolute Gasteiger partial charge is 0.241 e. The van der Waals surface area contributed by atoms with Crippen molar-refractivity contribution < 1.29 is 8.42 Å². The van der Waals surface area contributed by atoms with Crippen LogP contribution < -0.4 is 4.72 Å². The van der Waals surface area contributed by atoms with Crippen molar-refractivity contribution in [3.05, 3.63) is 47.3 Å². The Morgan fingerprint density at radius 3 is 2.72 bits per heavy atom. The summed E-state index contributed by atoms with van der Waals surface area (Å²) in [4.78, 5) is 0.316. The first-order chi connectivity index (χ1) is 8.49. The Labute approximate surface area is 106 Å². The van der Waals surface area contributed by atoms with Crippen LogP contribution in [-0.4, -0.2) is 18.6 Å². The van der Waals surface area contributed by atoms with E-state index in [1.54, 1.807) is 31.5 Å². The average molecular weight is 265 g/mol. The second kappa shape index (κ2) is 4.91. The number of hydrogen-bond donors (Lipinski definition) is 2. The van der Waals surface area contributed by atoms with Crippen molar-refractivity contribution in [2.45, 2.75) is 25.3 Å². The molecule has 96 valence electrons. The molecule has 0 aliphatic rings. The van der Waals surface area contributed by atoms with Crippen molar-refractivity contribution in [3.63, 3.8) is 0 Å². The molecule has 0 fully saturated rings. The van der Waals surface area contributed by atoms with Crippen LogP contribution in [0.25, 0.3) is 0 Å². The van der Waals surface area contributed by atoms with E-state index in [9.17, 15) is 8.42 Å². The van der Waals surface area contributed by atoms with Crippen molar-refractivity contribution in [3.8, 4) is 0 Å². The predicted octanol–water partition coefficient (Wildman–Crippen LogP) is 1.51. The highest BCUT2D eigenvalue weighted by Gasteiger charge is 2.16. The fourth-order valence-corrected chi connectivity index (χ4v) is 2.97. The van der Waals surface area contributed by atoms with Gasteiger partial charge in [-0.2, -0.15) is 5.10 Å². The molecule has 6 heteroatoms. The highest BCUT2D eigenvalue weighted by Crippen LogP contribution is 2.16. The first-order valence-electron chi connectivity index (χ1n) is 5.53. The Hall–Kier alpha value is -1.66. The molecular formula is C12H15N3O2S. The Morgan fingerprint density at radius 2 is 2.11 bits per heavy atom. The lowest BCUT2D eigenvalue weighted by atomic mass is 10.2. The van der Waals surface area contributed by atoms with E-state index >= 15 is 0 Å². The number of hydrogen-bond acceptors (Lipinski definition) is 3. The summed E-state index contributed by atoms with van der Waals surface area (Å²) in [6.07, 6.45) is 3.25. The molecule has 0 saturated carbocycles. The maximum absolute atomic E-state index is 12.1. The van der Waals surface area contributed by atoms with E-state index in [-0.39, 0.29) is 6.54 Å². The Balaban J connectivity index is 2.20. The minimum atomic E-state index is -3.48. The third-order valence-electron chi connectivity index (χ3n) is 2.64. The van der Waals surface area contributed by atoms with Crippen molar-refractivity contribution in [2.75, 3.05) is 0 Å². The van der Waals surface area contributed by atoms with Gasteiger partial charge in [0.05, 0.1) is 11.1 Å². The molecule has 0 spiro atoms. The van der Waals surface area contributed by atoms with Crippen molar-refractivity contribution >= 4 is 10.0 Å². The van der Waals surface area contributed by atoms with E-state index in [1.165, 1.54) is 0 Å². The van der Waals surface area contributed by atoms with Gasteiger partial charge in [-0.15, -0.1) is 0 Å². The van der Waals surface area contributed by atoms with Crippen molar-refractivity contribution in [1.82, 2.24) is 14.9 Å². The molecular weight excluding hydrogens is 250 g/mol. The molecule has 0 amide bonds. The molecule has 1 aromatic carbocycles. The number of sulfonamides is 1. The summed E-state index contributed by atoms with van der Waals surface area (Å²) in [5.74, 6) is 0. The first-order valence-corrected chi connectivity index (χ1v) is 7.02. The lowest BCUT2D eigenvalue weighted by molar-refractivity contribution is 0.580. The van der Waals surface area contributed by atoms with Crippen LogP contribution in [0.5, 0.6) is 0 Å². The molecule has 18 heavy (non-hydrogen) atoms. The van der Waals surface area contributed by atoms with Crippen molar-refractivity contribution in [1.29, 1.82) is 0 Å². The molecule has 2 rings (SSSR count). The van der Waals surface area contributed by atoms with Crippen LogP contribution in [-0.2, 0) is 16.6 Å². The second-order valence-corrected chi connectivity index (χ2v) is 5.94. The summed E-state index contributed by atoms with van der Waals surface area (Å²) in [7, 11) is -3.48. The molecule has 1 heterocycles. The summed E-state index contributed by atoms with van der Waals surface area (Å²) in [6.45, 7) is 3.95.